The van der Waals surface area contributed by atoms with Crippen LogP contribution in [0.4, 0.5) is 0 Å². The van der Waals surface area contributed by atoms with Crippen molar-refractivity contribution in [2.24, 2.45) is 17.6 Å². The number of carbonyl (C=O) groups is 1. The van der Waals surface area contributed by atoms with Crippen LogP contribution in [0, 0.1) is 11.8 Å². The smallest absolute Gasteiger partial charge is 0.239 e. The molecule has 0 aromatic rings. The van der Waals surface area contributed by atoms with Crippen molar-refractivity contribution in [1.29, 1.82) is 0 Å². The average molecular weight is 242 g/mol. The van der Waals surface area contributed by atoms with Gasteiger partial charge >= 0.3 is 0 Å². The van der Waals surface area contributed by atoms with Crippen molar-refractivity contribution in [3.63, 3.8) is 0 Å². The van der Waals surface area contributed by atoms with Gasteiger partial charge in [-0.1, -0.05) is 19.8 Å². The summed E-state index contributed by atoms with van der Waals surface area (Å²) in [7, 11) is 0. The fourth-order valence-electron chi connectivity index (χ4n) is 2.38. The SMILES string of the molecule is CCC(C)(N)C(=O)NCC1CCCCC1CO. The number of hydrogen-bond acceptors (Lipinski definition) is 3. The molecule has 0 bridgehead atoms. The van der Waals surface area contributed by atoms with Gasteiger partial charge in [0.1, 0.15) is 0 Å². The van der Waals surface area contributed by atoms with E-state index in [1.807, 2.05) is 6.92 Å². The molecule has 1 aliphatic carbocycles. The maximum Gasteiger partial charge on any atom is 0.239 e. The van der Waals surface area contributed by atoms with E-state index in [9.17, 15) is 9.90 Å². The molecule has 1 amide bonds. The van der Waals surface area contributed by atoms with Gasteiger partial charge in [0, 0.05) is 13.2 Å². The molecule has 0 aliphatic heterocycles. The molecule has 0 heterocycles. The molecule has 1 fully saturated rings. The standard InChI is InChI=1S/C13H26N2O2/c1-3-13(2,14)12(17)15-8-10-6-4-5-7-11(10)9-16/h10-11,16H,3-9,14H2,1-2H3,(H,15,17). The summed E-state index contributed by atoms with van der Waals surface area (Å²) >= 11 is 0. The second kappa shape index (κ2) is 6.36. The minimum Gasteiger partial charge on any atom is -0.396 e. The van der Waals surface area contributed by atoms with Gasteiger partial charge in [0.25, 0.3) is 0 Å². The lowest BCUT2D eigenvalue weighted by Crippen LogP contribution is -2.52. The van der Waals surface area contributed by atoms with Crippen LogP contribution in [0.1, 0.15) is 46.0 Å². The molecule has 0 aromatic carbocycles. The molecule has 17 heavy (non-hydrogen) atoms. The van der Waals surface area contributed by atoms with Crippen molar-refractivity contribution in [2.45, 2.75) is 51.5 Å². The van der Waals surface area contributed by atoms with Gasteiger partial charge < -0.3 is 16.2 Å². The maximum absolute atomic E-state index is 11.8. The number of aliphatic hydroxyl groups excluding tert-OH is 1. The van der Waals surface area contributed by atoms with E-state index < -0.39 is 5.54 Å². The summed E-state index contributed by atoms with van der Waals surface area (Å²) in [5.41, 5.74) is 5.11. The van der Waals surface area contributed by atoms with Crippen LogP contribution in [0.5, 0.6) is 0 Å². The monoisotopic (exact) mass is 242 g/mol. The number of aliphatic hydroxyl groups is 1. The zero-order valence-corrected chi connectivity index (χ0v) is 11.0. The van der Waals surface area contributed by atoms with E-state index in [2.05, 4.69) is 5.32 Å². The number of hydrogen-bond donors (Lipinski definition) is 3. The van der Waals surface area contributed by atoms with Crippen LogP contribution in [-0.2, 0) is 4.79 Å². The van der Waals surface area contributed by atoms with Crippen LogP contribution in [0.25, 0.3) is 0 Å². The summed E-state index contributed by atoms with van der Waals surface area (Å²) in [6.45, 7) is 4.55. The molecular weight excluding hydrogens is 216 g/mol. The van der Waals surface area contributed by atoms with Gasteiger partial charge in [-0.2, -0.15) is 0 Å². The number of carbonyl (C=O) groups excluding carboxylic acids is 1. The Morgan fingerprint density at radius 1 is 1.41 bits per heavy atom. The van der Waals surface area contributed by atoms with Gasteiger partial charge in [0.2, 0.25) is 5.91 Å². The van der Waals surface area contributed by atoms with Crippen molar-refractivity contribution in [3.8, 4) is 0 Å². The normalized spacial score (nSPS) is 28.5. The first kappa shape index (κ1) is 14.5. The largest absolute Gasteiger partial charge is 0.396 e. The average Bonchev–Trinajstić information content (AvgIpc) is 2.36. The molecule has 0 radical (unpaired) electrons. The van der Waals surface area contributed by atoms with E-state index in [4.69, 9.17) is 5.73 Å². The fourth-order valence-corrected chi connectivity index (χ4v) is 2.38. The van der Waals surface area contributed by atoms with Gasteiger partial charge in [0.05, 0.1) is 5.54 Å². The van der Waals surface area contributed by atoms with E-state index in [0.717, 1.165) is 12.8 Å². The second-order valence-electron chi connectivity index (χ2n) is 5.47. The first-order valence-corrected chi connectivity index (χ1v) is 6.69. The van der Waals surface area contributed by atoms with E-state index in [1.54, 1.807) is 6.92 Å². The van der Waals surface area contributed by atoms with Crippen LogP contribution in [0.2, 0.25) is 0 Å². The maximum atomic E-state index is 11.8. The summed E-state index contributed by atoms with van der Waals surface area (Å²) < 4.78 is 0. The molecule has 1 aliphatic rings. The molecule has 3 unspecified atom stereocenters. The zero-order valence-electron chi connectivity index (χ0n) is 11.0. The van der Waals surface area contributed by atoms with Crippen molar-refractivity contribution in [3.05, 3.63) is 0 Å². The van der Waals surface area contributed by atoms with Gasteiger partial charge in [0.15, 0.2) is 0 Å². The minimum atomic E-state index is -0.774. The Labute approximate surface area is 104 Å². The van der Waals surface area contributed by atoms with Crippen LogP contribution in [0.15, 0.2) is 0 Å². The molecule has 0 saturated heterocycles. The molecule has 1 saturated carbocycles. The predicted octanol–water partition coefficient (Wildman–Crippen LogP) is 1.03. The van der Waals surface area contributed by atoms with Crippen LogP contribution < -0.4 is 11.1 Å². The van der Waals surface area contributed by atoms with Crippen LogP contribution in [0.3, 0.4) is 0 Å². The quantitative estimate of drug-likeness (QED) is 0.674. The zero-order chi connectivity index (χ0) is 12.9. The molecular formula is C13H26N2O2. The van der Waals surface area contributed by atoms with E-state index >= 15 is 0 Å². The third-order valence-electron chi connectivity index (χ3n) is 4.08. The highest BCUT2D eigenvalue weighted by Crippen LogP contribution is 2.29. The van der Waals surface area contributed by atoms with Crippen molar-refractivity contribution in [2.75, 3.05) is 13.2 Å². The molecule has 0 spiro atoms. The lowest BCUT2D eigenvalue weighted by molar-refractivity contribution is -0.126. The number of amides is 1. The van der Waals surface area contributed by atoms with Gasteiger partial charge in [-0.15, -0.1) is 0 Å². The summed E-state index contributed by atoms with van der Waals surface area (Å²) in [6.07, 6.45) is 5.19. The number of rotatable bonds is 5. The van der Waals surface area contributed by atoms with Crippen molar-refractivity contribution in [1.82, 2.24) is 5.32 Å². The minimum absolute atomic E-state index is 0.0812. The fraction of sp³-hybridized carbons (Fsp3) is 0.923. The molecule has 0 aromatic heterocycles. The van der Waals surface area contributed by atoms with Crippen molar-refractivity contribution < 1.29 is 9.90 Å². The van der Waals surface area contributed by atoms with Gasteiger partial charge in [-0.3, -0.25) is 4.79 Å². The van der Waals surface area contributed by atoms with Crippen LogP contribution in [-0.4, -0.2) is 29.7 Å². The van der Waals surface area contributed by atoms with Gasteiger partial charge in [-0.25, -0.2) is 0 Å². The Morgan fingerprint density at radius 3 is 2.53 bits per heavy atom. The topological polar surface area (TPSA) is 75.4 Å². The number of nitrogens with one attached hydrogen (secondary N) is 1. The van der Waals surface area contributed by atoms with Gasteiger partial charge in [-0.05, 0) is 38.0 Å². The first-order chi connectivity index (χ1) is 8.01. The third-order valence-corrected chi connectivity index (χ3v) is 4.08. The summed E-state index contributed by atoms with van der Waals surface area (Å²) in [5.74, 6) is 0.669. The highest BCUT2D eigenvalue weighted by Gasteiger charge is 2.29. The Balaban J connectivity index is 2.41. The highest BCUT2D eigenvalue weighted by molar-refractivity contribution is 5.85. The lowest BCUT2D eigenvalue weighted by atomic mass is 9.79. The van der Waals surface area contributed by atoms with Crippen molar-refractivity contribution >= 4 is 5.91 Å². The van der Waals surface area contributed by atoms with E-state index in [0.29, 0.717) is 24.8 Å². The Morgan fingerprint density at radius 2 is 2.00 bits per heavy atom. The summed E-state index contributed by atoms with van der Waals surface area (Å²) in [6, 6.07) is 0. The molecule has 100 valence electrons. The van der Waals surface area contributed by atoms with E-state index in [-0.39, 0.29) is 12.5 Å². The summed E-state index contributed by atoms with van der Waals surface area (Å²) in [4.78, 5) is 11.8. The van der Waals surface area contributed by atoms with E-state index in [1.165, 1.54) is 12.8 Å². The molecule has 4 nitrogen and oxygen atoms in total. The number of nitrogens with two attached hydrogens (primary N) is 1. The Hall–Kier alpha value is -0.610. The lowest BCUT2D eigenvalue weighted by Gasteiger charge is -2.31. The molecule has 1 rings (SSSR count). The second-order valence-corrected chi connectivity index (χ2v) is 5.47. The van der Waals surface area contributed by atoms with Crippen LogP contribution >= 0.6 is 0 Å². The Kier molecular flexibility index (Phi) is 5.40. The Bertz CT molecular complexity index is 254. The predicted molar refractivity (Wildman–Crippen MR) is 68.4 cm³/mol. The molecule has 3 atom stereocenters. The third kappa shape index (κ3) is 3.96. The first-order valence-electron chi connectivity index (χ1n) is 6.69. The molecule has 4 heteroatoms. The highest BCUT2D eigenvalue weighted by atomic mass is 16.3. The molecule has 4 N–H and O–H groups in total. The summed E-state index contributed by atoms with van der Waals surface area (Å²) in [5, 5.41) is 12.2.